The van der Waals surface area contributed by atoms with Crippen LogP contribution >= 0.6 is 23.2 Å². The van der Waals surface area contributed by atoms with E-state index in [9.17, 15) is 9.59 Å². The summed E-state index contributed by atoms with van der Waals surface area (Å²) < 4.78 is 4.97. The number of hydrogen-bond donors (Lipinski definition) is 2. The smallest absolute Gasteiger partial charge is 0.253 e. The molecule has 1 atom stereocenters. The van der Waals surface area contributed by atoms with Crippen molar-refractivity contribution in [3.05, 3.63) is 58.0 Å². The zero-order valence-electron chi connectivity index (χ0n) is 14.0. The second-order valence-corrected chi connectivity index (χ2v) is 6.97. The highest BCUT2D eigenvalue weighted by Gasteiger charge is 2.23. The number of nitrogens with one attached hydrogen (secondary N) is 2. The van der Waals surface area contributed by atoms with Gasteiger partial charge in [0.05, 0.1) is 23.1 Å². The van der Waals surface area contributed by atoms with E-state index in [0.717, 1.165) is 5.56 Å². The third kappa shape index (κ3) is 5.80. The van der Waals surface area contributed by atoms with E-state index in [1.165, 1.54) is 18.4 Å². The van der Waals surface area contributed by atoms with Gasteiger partial charge in [-0.15, -0.1) is 0 Å². The largest absolute Gasteiger partial charge is 0.472 e. The Kier molecular flexibility index (Phi) is 6.91. The lowest BCUT2D eigenvalue weighted by molar-refractivity contribution is -0.123. The van der Waals surface area contributed by atoms with Gasteiger partial charge in [0.15, 0.2) is 0 Å². The number of amides is 2. The quantitative estimate of drug-likeness (QED) is 0.758. The van der Waals surface area contributed by atoms with Gasteiger partial charge >= 0.3 is 0 Å². The lowest BCUT2D eigenvalue weighted by Crippen LogP contribution is -2.47. The number of carbonyl (C=O) groups is 2. The van der Waals surface area contributed by atoms with Crippen molar-refractivity contribution in [3.8, 4) is 0 Å². The fraction of sp³-hybridized carbons (Fsp3) is 0.333. The molecule has 0 aliphatic heterocycles. The molecule has 1 unspecified atom stereocenters. The van der Waals surface area contributed by atoms with Crippen LogP contribution in [0.4, 0.5) is 0 Å². The first-order chi connectivity index (χ1) is 11.9. The maximum Gasteiger partial charge on any atom is 0.253 e. The van der Waals surface area contributed by atoms with Gasteiger partial charge in [0, 0.05) is 17.1 Å². The maximum absolute atomic E-state index is 12.5. The van der Waals surface area contributed by atoms with E-state index < -0.39 is 11.9 Å². The van der Waals surface area contributed by atoms with Crippen LogP contribution in [0, 0.1) is 5.92 Å². The van der Waals surface area contributed by atoms with Crippen LogP contribution in [0.1, 0.15) is 36.2 Å². The predicted molar refractivity (Wildman–Crippen MR) is 97.7 cm³/mol. The molecule has 25 heavy (non-hydrogen) atoms. The molecule has 2 N–H and O–H groups in total. The van der Waals surface area contributed by atoms with Crippen molar-refractivity contribution in [2.75, 3.05) is 0 Å². The van der Waals surface area contributed by atoms with E-state index in [4.69, 9.17) is 27.6 Å². The topological polar surface area (TPSA) is 71.3 Å². The van der Waals surface area contributed by atoms with Crippen LogP contribution in [0.3, 0.4) is 0 Å². The van der Waals surface area contributed by atoms with E-state index in [2.05, 4.69) is 10.6 Å². The molecule has 1 heterocycles. The first-order valence-electron chi connectivity index (χ1n) is 7.91. The average Bonchev–Trinajstić information content (AvgIpc) is 3.04. The van der Waals surface area contributed by atoms with Gasteiger partial charge in [-0.05, 0) is 36.6 Å². The Morgan fingerprint density at radius 2 is 1.96 bits per heavy atom. The van der Waals surface area contributed by atoms with E-state index in [-0.39, 0.29) is 22.4 Å². The van der Waals surface area contributed by atoms with Crippen LogP contribution in [-0.2, 0) is 11.3 Å². The van der Waals surface area contributed by atoms with E-state index >= 15 is 0 Å². The summed E-state index contributed by atoms with van der Waals surface area (Å²) in [5, 5.41) is 6.24. The monoisotopic (exact) mass is 382 g/mol. The number of hydrogen-bond acceptors (Lipinski definition) is 3. The number of benzene rings is 1. The molecule has 134 valence electrons. The maximum atomic E-state index is 12.5. The van der Waals surface area contributed by atoms with Crippen molar-refractivity contribution in [1.82, 2.24) is 10.6 Å². The average molecular weight is 383 g/mol. The number of furan rings is 1. The minimum absolute atomic E-state index is 0.227. The van der Waals surface area contributed by atoms with Crippen LogP contribution in [0.15, 0.2) is 41.2 Å². The van der Waals surface area contributed by atoms with Crippen LogP contribution < -0.4 is 10.6 Å². The molecule has 5 nitrogen and oxygen atoms in total. The summed E-state index contributed by atoms with van der Waals surface area (Å²) in [7, 11) is 0. The summed E-state index contributed by atoms with van der Waals surface area (Å²) in [6.07, 6.45) is 3.61. The minimum Gasteiger partial charge on any atom is -0.472 e. The fourth-order valence-electron chi connectivity index (χ4n) is 2.32. The highest BCUT2D eigenvalue weighted by Crippen LogP contribution is 2.21. The molecule has 1 aromatic heterocycles. The zero-order valence-corrected chi connectivity index (χ0v) is 15.5. The molecular weight excluding hydrogens is 363 g/mol. The highest BCUT2D eigenvalue weighted by atomic mass is 35.5. The predicted octanol–water partition coefficient (Wildman–Crippen LogP) is 4.05. The lowest BCUT2D eigenvalue weighted by atomic mass is 10.0. The Bertz CT molecular complexity index is 730. The first kappa shape index (κ1) is 19.3. The molecule has 0 spiro atoms. The molecular formula is C18H20Cl2N2O3. The lowest BCUT2D eigenvalue weighted by Gasteiger charge is -2.20. The highest BCUT2D eigenvalue weighted by molar-refractivity contribution is 6.36. The van der Waals surface area contributed by atoms with Crippen molar-refractivity contribution in [3.63, 3.8) is 0 Å². The summed E-state index contributed by atoms with van der Waals surface area (Å²) in [5.41, 5.74) is 1.13. The van der Waals surface area contributed by atoms with Gasteiger partial charge in [-0.3, -0.25) is 9.59 Å². The Morgan fingerprint density at radius 3 is 2.56 bits per heavy atom. The zero-order chi connectivity index (χ0) is 18.4. The first-order valence-corrected chi connectivity index (χ1v) is 8.67. The van der Waals surface area contributed by atoms with Crippen molar-refractivity contribution in [2.45, 2.75) is 32.9 Å². The Labute approximate surface area is 156 Å². The standard InChI is InChI=1S/C18H20Cl2N2O3/c1-11(2)7-16(18(24)21-9-12-5-6-25-10-12)22-17(23)14-4-3-13(19)8-15(14)20/h3-6,8,10-11,16H,7,9H2,1-2H3,(H,21,24)(H,22,23). The molecule has 0 aliphatic rings. The Hall–Kier alpha value is -1.98. The molecule has 0 saturated heterocycles. The minimum atomic E-state index is -0.661. The molecule has 0 radical (unpaired) electrons. The molecule has 0 aliphatic carbocycles. The van der Waals surface area contributed by atoms with Gasteiger partial charge in [0.1, 0.15) is 6.04 Å². The molecule has 2 rings (SSSR count). The third-order valence-electron chi connectivity index (χ3n) is 3.55. The van der Waals surface area contributed by atoms with Crippen molar-refractivity contribution < 1.29 is 14.0 Å². The number of carbonyl (C=O) groups excluding carboxylic acids is 2. The third-order valence-corrected chi connectivity index (χ3v) is 4.10. The van der Waals surface area contributed by atoms with Crippen LogP contribution in [0.2, 0.25) is 10.0 Å². The normalized spacial score (nSPS) is 12.0. The fourth-order valence-corrected chi connectivity index (χ4v) is 2.81. The van der Waals surface area contributed by atoms with Crippen LogP contribution in [0.25, 0.3) is 0 Å². The van der Waals surface area contributed by atoms with Crippen LogP contribution in [0.5, 0.6) is 0 Å². The van der Waals surface area contributed by atoms with Gasteiger partial charge < -0.3 is 15.1 Å². The second-order valence-electron chi connectivity index (χ2n) is 6.13. The Morgan fingerprint density at radius 1 is 1.20 bits per heavy atom. The van der Waals surface area contributed by atoms with Gasteiger partial charge in [-0.2, -0.15) is 0 Å². The summed E-state index contributed by atoms with van der Waals surface area (Å²) in [6, 6.07) is 5.72. The summed E-state index contributed by atoms with van der Waals surface area (Å²) in [4.78, 5) is 24.9. The second kappa shape index (κ2) is 8.92. The molecule has 2 aromatic rings. The SMILES string of the molecule is CC(C)CC(NC(=O)c1ccc(Cl)cc1Cl)C(=O)NCc1ccoc1. The van der Waals surface area contributed by atoms with Gasteiger partial charge in [0.2, 0.25) is 5.91 Å². The van der Waals surface area contributed by atoms with Gasteiger partial charge in [-0.25, -0.2) is 0 Å². The molecule has 0 saturated carbocycles. The van der Waals surface area contributed by atoms with Crippen molar-refractivity contribution in [1.29, 1.82) is 0 Å². The van der Waals surface area contributed by atoms with Gasteiger partial charge in [-0.1, -0.05) is 37.0 Å². The van der Waals surface area contributed by atoms with Crippen molar-refractivity contribution in [2.24, 2.45) is 5.92 Å². The van der Waals surface area contributed by atoms with Crippen molar-refractivity contribution >= 4 is 35.0 Å². The number of halogens is 2. The summed E-state index contributed by atoms with van der Waals surface area (Å²) in [5.74, 6) is -0.440. The summed E-state index contributed by atoms with van der Waals surface area (Å²) in [6.45, 7) is 4.30. The number of rotatable bonds is 7. The summed E-state index contributed by atoms with van der Waals surface area (Å²) >= 11 is 11.9. The van der Waals surface area contributed by atoms with Gasteiger partial charge in [0.25, 0.3) is 5.91 Å². The van der Waals surface area contributed by atoms with E-state index in [1.807, 2.05) is 13.8 Å². The molecule has 0 fully saturated rings. The molecule has 0 bridgehead atoms. The molecule has 7 heteroatoms. The Balaban J connectivity index is 2.05. The van der Waals surface area contributed by atoms with Crippen LogP contribution in [-0.4, -0.2) is 17.9 Å². The molecule has 2 amide bonds. The molecule has 1 aromatic carbocycles. The van der Waals surface area contributed by atoms with E-state index in [0.29, 0.717) is 18.0 Å². The van der Waals surface area contributed by atoms with E-state index in [1.54, 1.807) is 18.4 Å².